The Hall–Kier alpha value is -1.38. The van der Waals surface area contributed by atoms with E-state index in [0.717, 1.165) is 57.1 Å². The topological polar surface area (TPSA) is 104 Å². The lowest BCUT2D eigenvalue weighted by molar-refractivity contribution is -0.577. The molecule has 11 rings (SSSR count). The molecule has 10 fully saturated rings. The molecule has 278 valence electrons. The molecule has 8 saturated heterocycles. The Morgan fingerprint density at radius 3 is 1.60 bits per heavy atom. The molecule has 0 radical (unpaired) electrons. The second-order valence-electron chi connectivity index (χ2n) is 17.4. The Bertz CT molecular complexity index is 1310. The second kappa shape index (κ2) is 12.6. The zero-order chi connectivity index (χ0) is 34.5. The SMILES string of the molecule is C[C@H]1[C@@H](OCC(CO[C@H]2O[C@@H]3O[C@@]4(C)CC[C@H]5[C@H](C)CC[C@@H]([C@H]2C)[C@@]35OO4)Nc2ccccc2)OC2O[C@@]3(C)CC[C@H]4[C@H](C)CC[C@@H]1[C@@]24OO3. The number of nitrogens with one attached hydrogen (secondary N) is 1. The number of anilines is 1. The Kier molecular flexibility index (Phi) is 8.67. The molecular weight excluding hydrogens is 642 g/mol. The van der Waals surface area contributed by atoms with Crippen LogP contribution in [0.1, 0.15) is 92.9 Å². The highest BCUT2D eigenvalue weighted by Gasteiger charge is 2.71. The van der Waals surface area contributed by atoms with Crippen LogP contribution in [0, 0.1) is 47.3 Å². The summed E-state index contributed by atoms with van der Waals surface area (Å²) in [6, 6.07) is 10.0. The minimum atomic E-state index is -0.825. The molecule has 4 bridgehead atoms. The first-order chi connectivity index (χ1) is 24.0. The fraction of sp³-hybridized carbons (Fsp3) is 0.846. The summed E-state index contributed by atoms with van der Waals surface area (Å²) >= 11 is 0. The molecule has 11 nitrogen and oxygen atoms in total. The number of rotatable bonds is 8. The van der Waals surface area contributed by atoms with Crippen molar-refractivity contribution in [2.75, 3.05) is 18.5 Å². The van der Waals surface area contributed by atoms with Gasteiger partial charge in [0.1, 0.15) is 0 Å². The molecule has 17 atom stereocenters. The zero-order valence-electron chi connectivity index (χ0n) is 30.5. The quantitative estimate of drug-likeness (QED) is 0.286. The predicted octanol–water partition coefficient (Wildman–Crippen LogP) is 6.92. The van der Waals surface area contributed by atoms with Crippen LogP contribution in [0.15, 0.2) is 30.3 Å². The van der Waals surface area contributed by atoms with E-state index >= 15 is 0 Å². The Balaban J connectivity index is 0.921. The Morgan fingerprint density at radius 2 is 1.12 bits per heavy atom. The molecule has 0 aromatic heterocycles. The highest BCUT2D eigenvalue weighted by atomic mass is 17.3. The van der Waals surface area contributed by atoms with Crippen molar-refractivity contribution in [2.45, 2.75) is 147 Å². The summed E-state index contributed by atoms with van der Waals surface area (Å²) in [7, 11) is 0. The van der Waals surface area contributed by atoms with Crippen molar-refractivity contribution in [3.8, 4) is 0 Å². The normalized spacial score (nSPS) is 52.7. The third kappa shape index (κ3) is 5.35. The standard InChI is InChI=1S/C39H57NO10/c1-22-12-14-30-24(3)32(43-34-38(30)28(22)16-18-36(5,45-34)47-49-38)41-20-27(40-26-10-8-7-9-11-26)21-42-33-25(4)31-15-13-23(2)29-17-19-37(6)46-35(44-33)39(29,31)50-48-37/h7-11,22-25,27-35,40H,12-21H2,1-6H3/t22-,23-,24-,25-,27?,28+,29+,30+,31+,32+,33+,34-,35?,36-,37-,38-,39-/m1/s1. The fourth-order valence-electron chi connectivity index (χ4n) is 11.4. The summed E-state index contributed by atoms with van der Waals surface area (Å²) in [5, 5.41) is 3.67. The second-order valence-corrected chi connectivity index (χ2v) is 17.4. The molecule has 50 heavy (non-hydrogen) atoms. The molecule has 2 saturated carbocycles. The maximum absolute atomic E-state index is 6.75. The average molecular weight is 700 g/mol. The molecule has 2 unspecified atom stereocenters. The van der Waals surface area contributed by atoms with Crippen LogP contribution in [0.4, 0.5) is 5.69 Å². The molecule has 10 aliphatic rings. The van der Waals surface area contributed by atoms with E-state index in [1.165, 1.54) is 0 Å². The third-order valence-electron chi connectivity index (χ3n) is 14.3. The van der Waals surface area contributed by atoms with Crippen LogP contribution in [0.3, 0.4) is 0 Å². The number of hydrogen-bond donors (Lipinski definition) is 1. The minimum absolute atomic E-state index is 0.0834. The van der Waals surface area contributed by atoms with Crippen LogP contribution in [0.5, 0.6) is 0 Å². The summed E-state index contributed by atoms with van der Waals surface area (Å²) in [4.78, 5) is 24.7. The summed E-state index contributed by atoms with van der Waals surface area (Å²) in [5.74, 6) is 0.547. The lowest BCUT2D eigenvalue weighted by Gasteiger charge is -2.60. The van der Waals surface area contributed by atoms with Gasteiger partial charge in [0.05, 0.1) is 19.3 Å². The monoisotopic (exact) mass is 699 g/mol. The van der Waals surface area contributed by atoms with Crippen molar-refractivity contribution < 1.29 is 48.0 Å². The number of ether oxygens (including phenoxy) is 6. The van der Waals surface area contributed by atoms with Crippen LogP contribution >= 0.6 is 0 Å². The van der Waals surface area contributed by atoms with Gasteiger partial charge in [-0.3, -0.25) is 0 Å². The maximum Gasteiger partial charge on any atom is 0.201 e. The Morgan fingerprint density at radius 1 is 0.640 bits per heavy atom. The molecule has 1 aromatic carbocycles. The van der Waals surface area contributed by atoms with Gasteiger partial charge >= 0.3 is 0 Å². The smallest absolute Gasteiger partial charge is 0.201 e. The lowest BCUT2D eigenvalue weighted by atomic mass is 9.58. The number of benzene rings is 1. The van der Waals surface area contributed by atoms with Gasteiger partial charge in [-0.25, -0.2) is 19.6 Å². The fourth-order valence-corrected chi connectivity index (χ4v) is 11.4. The molecular formula is C39H57NO10. The van der Waals surface area contributed by atoms with Crippen molar-refractivity contribution in [3.63, 3.8) is 0 Å². The van der Waals surface area contributed by atoms with Gasteiger partial charge in [-0.15, -0.1) is 0 Å². The van der Waals surface area contributed by atoms with E-state index in [9.17, 15) is 0 Å². The summed E-state index contributed by atoms with van der Waals surface area (Å²) < 4.78 is 40.1. The molecule has 1 N–H and O–H groups in total. The first kappa shape index (κ1) is 34.4. The average Bonchev–Trinajstić information content (AvgIpc) is 3.48. The maximum atomic E-state index is 6.75. The van der Waals surface area contributed by atoms with Gasteiger partial charge in [0.2, 0.25) is 11.6 Å². The molecule has 2 spiro atoms. The van der Waals surface area contributed by atoms with E-state index in [1.807, 2.05) is 32.0 Å². The number of hydrogen-bond acceptors (Lipinski definition) is 11. The van der Waals surface area contributed by atoms with Crippen molar-refractivity contribution in [3.05, 3.63) is 30.3 Å². The van der Waals surface area contributed by atoms with Gasteiger partial charge in [0.25, 0.3) is 0 Å². The molecule has 0 amide bonds. The van der Waals surface area contributed by atoms with Crippen LogP contribution in [-0.2, 0) is 48.0 Å². The zero-order valence-corrected chi connectivity index (χ0v) is 30.5. The van der Waals surface area contributed by atoms with E-state index in [-0.39, 0.29) is 29.7 Å². The van der Waals surface area contributed by atoms with Crippen LogP contribution < -0.4 is 5.32 Å². The van der Waals surface area contributed by atoms with Gasteiger partial charge in [0, 0.05) is 42.2 Å². The van der Waals surface area contributed by atoms with E-state index in [2.05, 4.69) is 45.1 Å². The summed E-state index contributed by atoms with van der Waals surface area (Å²) in [6.45, 7) is 13.8. The van der Waals surface area contributed by atoms with E-state index < -0.39 is 47.9 Å². The first-order valence-corrected chi connectivity index (χ1v) is 19.5. The minimum Gasteiger partial charge on any atom is -0.378 e. The van der Waals surface area contributed by atoms with Crippen LogP contribution in [0.25, 0.3) is 0 Å². The number of fused-ring (bicyclic) bond motifs is 4. The van der Waals surface area contributed by atoms with E-state index in [4.69, 9.17) is 48.0 Å². The molecule has 1 aromatic rings. The van der Waals surface area contributed by atoms with Crippen molar-refractivity contribution in [1.82, 2.24) is 0 Å². The summed E-state index contributed by atoms with van der Waals surface area (Å²) in [5.41, 5.74) is -0.243. The predicted molar refractivity (Wildman–Crippen MR) is 179 cm³/mol. The lowest BCUT2D eigenvalue weighted by Crippen LogP contribution is -2.70. The van der Waals surface area contributed by atoms with Crippen molar-refractivity contribution >= 4 is 5.69 Å². The largest absolute Gasteiger partial charge is 0.378 e. The third-order valence-corrected chi connectivity index (χ3v) is 14.3. The van der Waals surface area contributed by atoms with Crippen LogP contribution in [0.2, 0.25) is 0 Å². The van der Waals surface area contributed by atoms with Gasteiger partial charge in [0.15, 0.2) is 36.4 Å². The molecule has 11 heteroatoms. The van der Waals surface area contributed by atoms with Gasteiger partial charge in [-0.05, 0) is 88.2 Å². The van der Waals surface area contributed by atoms with Crippen LogP contribution in [-0.4, -0.2) is 67.2 Å². The molecule has 2 aliphatic carbocycles. The van der Waals surface area contributed by atoms with E-state index in [1.54, 1.807) is 0 Å². The Labute approximate surface area is 296 Å². The van der Waals surface area contributed by atoms with Crippen molar-refractivity contribution in [2.24, 2.45) is 47.3 Å². The molecule has 8 heterocycles. The van der Waals surface area contributed by atoms with Crippen molar-refractivity contribution in [1.29, 1.82) is 0 Å². The van der Waals surface area contributed by atoms with Gasteiger partial charge in [-0.1, -0.05) is 45.9 Å². The summed E-state index contributed by atoms with van der Waals surface area (Å²) in [6.07, 6.45) is 5.88. The molecule has 8 aliphatic heterocycles. The van der Waals surface area contributed by atoms with Gasteiger partial charge in [-0.2, -0.15) is 0 Å². The van der Waals surface area contributed by atoms with Gasteiger partial charge < -0.3 is 33.7 Å². The number of para-hydroxylation sites is 1. The highest BCUT2D eigenvalue weighted by molar-refractivity contribution is 5.43. The van der Waals surface area contributed by atoms with E-state index in [0.29, 0.717) is 36.9 Å². The highest BCUT2D eigenvalue weighted by Crippen LogP contribution is 2.62. The first-order valence-electron chi connectivity index (χ1n) is 19.5.